The van der Waals surface area contributed by atoms with Gasteiger partial charge in [-0.2, -0.15) is 0 Å². The highest BCUT2D eigenvalue weighted by Crippen LogP contribution is 2.18. The molecule has 0 aromatic heterocycles. The van der Waals surface area contributed by atoms with Crippen molar-refractivity contribution in [2.45, 2.75) is 31.9 Å². The molecule has 1 aliphatic carbocycles. The number of rotatable bonds is 7. The molecule has 5 heteroatoms. The number of hydrogen-bond donors (Lipinski definition) is 2. The van der Waals surface area contributed by atoms with E-state index in [1.54, 1.807) is 31.2 Å². The molecule has 2 rings (SSSR count). The van der Waals surface area contributed by atoms with Crippen molar-refractivity contribution in [2.75, 3.05) is 13.1 Å². The number of halogens is 1. The zero-order valence-electron chi connectivity index (χ0n) is 11.0. The van der Waals surface area contributed by atoms with E-state index >= 15 is 0 Å². The molecular formula is C14H19ClN2O2. The molecule has 1 atom stereocenters. The summed E-state index contributed by atoms with van der Waals surface area (Å²) in [6, 6.07) is 7.70. The molecule has 1 aromatic rings. The molecule has 1 unspecified atom stereocenters. The van der Waals surface area contributed by atoms with Crippen molar-refractivity contribution >= 4 is 17.5 Å². The molecule has 0 heterocycles. The zero-order chi connectivity index (χ0) is 13.7. The fourth-order valence-corrected chi connectivity index (χ4v) is 1.87. The van der Waals surface area contributed by atoms with Crippen molar-refractivity contribution < 1.29 is 9.53 Å². The highest BCUT2D eigenvalue weighted by Gasteiger charge is 2.20. The van der Waals surface area contributed by atoms with Gasteiger partial charge in [-0.05, 0) is 38.0 Å². The van der Waals surface area contributed by atoms with Crippen molar-refractivity contribution in [3.05, 3.63) is 29.3 Å². The van der Waals surface area contributed by atoms with Crippen molar-refractivity contribution in [3.8, 4) is 5.75 Å². The molecule has 1 amide bonds. The Labute approximate surface area is 118 Å². The Morgan fingerprint density at radius 3 is 2.95 bits per heavy atom. The molecule has 104 valence electrons. The van der Waals surface area contributed by atoms with E-state index in [9.17, 15) is 4.79 Å². The SMILES string of the molecule is CC(Oc1cccc(Cl)c1)C(=O)NCCNC1CC1. The third-order valence-electron chi connectivity index (χ3n) is 2.91. The molecule has 2 N–H and O–H groups in total. The van der Waals surface area contributed by atoms with E-state index in [0.717, 1.165) is 6.54 Å². The molecule has 0 radical (unpaired) electrons. The second-order valence-electron chi connectivity index (χ2n) is 4.74. The maximum absolute atomic E-state index is 11.8. The lowest BCUT2D eigenvalue weighted by Gasteiger charge is -2.15. The summed E-state index contributed by atoms with van der Waals surface area (Å²) < 4.78 is 5.53. The quantitative estimate of drug-likeness (QED) is 0.752. The topological polar surface area (TPSA) is 50.4 Å². The second kappa shape index (κ2) is 6.78. The van der Waals surface area contributed by atoms with E-state index in [1.165, 1.54) is 12.8 Å². The maximum atomic E-state index is 11.8. The fourth-order valence-electron chi connectivity index (χ4n) is 1.69. The second-order valence-corrected chi connectivity index (χ2v) is 5.17. The van der Waals surface area contributed by atoms with Crippen molar-refractivity contribution in [3.63, 3.8) is 0 Å². The number of carbonyl (C=O) groups excluding carboxylic acids is 1. The number of amides is 1. The largest absolute Gasteiger partial charge is 0.481 e. The first kappa shape index (κ1) is 14.2. The van der Waals surface area contributed by atoms with Gasteiger partial charge in [0.25, 0.3) is 5.91 Å². The Hall–Kier alpha value is -1.26. The van der Waals surface area contributed by atoms with Crippen LogP contribution in [0, 0.1) is 0 Å². The molecule has 0 saturated heterocycles. The van der Waals surface area contributed by atoms with Crippen LogP contribution in [0.15, 0.2) is 24.3 Å². The Bertz CT molecular complexity index is 435. The van der Waals surface area contributed by atoms with Crippen LogP contribution in [-0.2, 0) is 4.79 Å². The van der Waals surface area contributed by atoms with Crippen LogP contribution in [0.3, 0.4) is 0 Å². The molecule has 1 aliphatic rings. The van der Waals surface area contributed by atoms with Crippen LogP contribution in [0.25, 0.3) is 0 Å². The number of nitrogens with one attached hydrogen (secondary N) is 2. The van der Waals surface area contributed by atoms with E-state index in [0.29, 0.717) is 23.4 Å². The molecule has 1 aromatic carbocycles. The normalized spacial score (nSPS) is 15.9. The predicted octanol–water partition coefficient (Wildman–Crippen LogP) is 1.98. The summed E-state index contributed by atoms with van der Waals surface area (Å²) >= 11 is 5.86. The van der Waals surface area contributed by atoms with Crippen LogP contribution in [0.5, 0.6) is 5.75 Å². The number of benzene rings is 1. The maximum Gasteiger partial charge on any atom is 0.260 e. The monoisotopic (exact) mass is 282 g/mol. The molecule has 19 heavy (non-hydrogen) atoms. The van der Waals surface area contributed by atoms with E-state index in [4.69, 9.17) is 16.3 Å². The van der Waals surface area contributed by atoms with Gasteiger partial charge in [-0.25, -0.2) is 0 Å². The van der Waals surface area contributed by atoms with Gasteiger partial charge < -0.3 is 15.4 Å². The Kier molecular flexibility index (Phi) is 5.05. The summed E-state index contributed by atoms with van der Waals surface area (Å²) in [6.45, 7) is 3.16. The number of hydrogen-bond acceptors (Lipinski definition) is 3. The summed E-state index contributed by atoms with van der Waals surface area (Å²) in [5.41, 5.74) is 0. The van der Waals surface area contributed by atoms with Crippen molar-refractivity contribution in [2.24, 2.45) is 0 Å². The molecule has 4 nitrogen and oxygen atoms in total. The Morgan fingerprint density at radius 1 is 1.47 bits per heavy atom. The average molecular weight is 283 g/mol. The van der Waals surface area contributed by atoms with Crippen molar-refractivity contribution in [1.29, 1.82) is 0 Å². The highest BCUT2D eigenvalue weighted by molar-refractivity contribution is 6.30. The fraction of sp³-hybridized carbons (Fsp3) is 0.500. The van der Waals surface area contributed by atoms with E-state index in [-0.39, 0.29) is 5.91 Å². The van der Waals surface area contributed by atoms with E-state index in [1.807, 2.05) is 0 Å². The summed E-state index contributed by atoms with van der Waals surface area (Å²) in [6.07, 6.45) is 1.98. The molecule has 1 saturated carbocycles. The van der Waals surface area contributed by atoms with Gasteiger partial charge in [0.2, 0.25) is 0 Å². The average Bonchev–Trinajstić information content (AvgIpc) is 3.18. The standard InChI is InChI=1S/C14H19ClN2O2/c1-10(19-13-4-2-3-11(15)9-13)14(18)17-8-7-16-12-5-6-12/h2-4,9-10,12,16H,5-8H2,1H3,(H,17,18). The van der Waals surface area contributed by atoms with Gasteiger partial charge in [0.15, 0.2) is 6.10 Å². The predicted molar refractivity (Wildman–Crippen MR) is 75.6 cm³/mol. The molecule has 0 bridgehead atoms. The van der Waals surface area contributed by atoms with Crippen LogP contribution in [-0.4, -0.2) is 31.1 Å². The van der Waals surface area contributed by atoms with Gasteiger partial charge in [-0.3, -0.25) is 4.79 Å². The lowest BCUT2D eigenvalue weighted by Crippen LogP contribution is -2.40. The third-order valence-corrected chi connectivity index (χ3v) is 3.15. The van der Waals surface area contributed by atoms with Gasteiger partial charge in [0.1, 0.15) is 5.75 Å². The first-order chi connectivity index (χ1) is 9.15. The molecule has 1 fully saturated rings. The van der Waals surface area contributed by atoms with E-state index < -0.39 is 6.10 Å². The summed E-state index contributed by atoms with van der Waals surface area (Å²) in [7, 11) is 0. The van der Waals surface area contributed by atoms with Crippen LogP contribution >= 0.6 is 11.6 Å². The van der Waals surface area contributed by atoms with Crippen LogP contribution in [0.4, 0.5) is 0 Å². The van der Waals surface area contributed by atoms with Crippen LogP contribution < -0.4 is 15.4 Å². The van der Waals surface area contributed by atoms with Crippen molar-refractivity contribution in [1.82, 2.24) is 10.6 Å². The van der Waals surface area contributed by atoms with E-state index in [2.05, 4.69) is 10.6 Å². The minimum Gasteiger partial charge on any atom is -0.481 e. The Balaban J connectivity index is 1.68. The minimum absolute atomic E-state index is 0.113. The molecular weight excluding hydrogens is 264 g/mol. The van der Waals surface area contributed by atoms with Gasteiger partial charge >= 0.3 is 0 Å². The lowest BCUT2D eigenvalue weighted by molar-refractivity contribution is -0.127. The molecule has 0 spiro atoms. The number of ether oxygens (including phenoxy) is 1. The van der Waals surface area contributed by atoms with Crippen LogP contribution in [0.1, 0.15) is 19.8 Å². The summed E-state index contributed by atoms with van der Waals surface area (Å²) in [5.74, 6) is 0.490. The minimum atomic E-state index is -0.528. The smallest absolute Gasteiger partial charge is 0.260 e. The van der Waals surface area contributed by atoms with Gasteiger partial charge in [-0.15, -0.1) is 0 Å². The first-order valence-corrected chi connectivity index (χ1v) is 6.96. The van der Waals surface area contributed by atoms with Gasteiger partial charge in [0, 0.05) is 24.2 Å². The summed E-state index contributed by atoms with van der Waals surface area (Å²) in [4.78, 5) is 11.8. The lowest BCUT2D eigenvalue weighted by atomic mass is 10.3. The Morgan fingerprint density at radius 2 is 2.26 bits per heavy atom. The van der Waals surface area contributed by atoms with Gasteiger partial charge in [0.05, 0.1) is 0 Å². The van der Waals surface area contributed by atoms with Gasteiger partial charge in [-0.1, -0.05) is 17.7 Å². The number of carbonyl (C=O) groups is 1. The third kappa shape index (κ3) is 5.09. The summed E-state index contributed by atoms with van der Waals surface area (Å²) in [5, 5.41) is 6.77. The van der Waals surface area contributed by atoms with Crippen LogP contribution in [0.2, 0.25) is 5.02 Å². The molecule has 0 aliphatic heterocycles. The first-order valence-electron chi connectivity index (χ1n) is 6.58. The zero-order valence-corrected chi connectivity index (χ0v) is 11.7. The highest BCUT2D eigenvalue weighted by atomic mass is 35.5.